The van der Waals surface area contributed by atoms with E-state index in [4.69, 9.17) is 4.74 Å². The number of benzene rings is 1. The number of nitrogens with one attached hydrogen (secondary N) is 1. The van der Waals surface area contributed by atoms with Crippen LogP contribution in [0.1, 0.15) is 37.4 Å². The molecular weight excluding hydrogens is 318 g/mol. The molecule has 0 radical (unpaired) electrons. The van der Waals surface area contributed by atoms with Gasteiger partial charge in [0, 0.05) is 12.1 Å². The van der Waals surface area contributed by atoms with Crippen LogP contribution in [0.4, 0.5) is 0 Å². The second kappa shape index (κ2) is 8.11. The van der Waals surface area contributed by atoms with Crippen LogP contribution in [0.2, 0.25) is 0 Å². The van der Waals surface area contributed by atoms with Gasteiger partial charge in [0.2, 0.25) is 5.91 Å². The maximum absolute atomic E-state index is 12.5. The summed E-state index contributed by atoms with van der Waals surface area (Å²) in [5.41, 5.74) is 1.11. The summed E-state index contributed by atoms with van der Waals surface area (Å²) in [6.45, 7) is 4.44. The molecule has 3 rings (SSSR count). The predicted octanol–water partition coefficient (Wildman–Crippen LogP) is 1.80. The van der Waals surface area contributed by atoms with Gasteiger partial charge in [-0.3, -0.25) is 9.69 Å². The highest BCUT2D eigenvalue weighted by atomic mass is 16.5. The van der Waals surface area contributed by atoms with E-state index in [0.29, 0.717) is 6.54 Å². The number of carbonyl (C=O) groups excluding carboxylic acids is 1. The lowest BCUT2D eigenvalue weighted by Gasteiger charge is -2.29. The Hall–Kier alpha value is -2.41. The lowest BCUT2D eigenvalue weighted by molar-refractivity contribution is -0.124. The molecule has 0 saturated carbocycles. The minimum Gasteiger partial charge on any atom is -0.496 e. The van der Waals surface area contributed by atoms with E-state index in [1.165, 1.54) is 19.2 Å². The van der Waals surface area contributed by atoms with Gasteiger partial charge in [-0.2, -0.15) is 5.10 Å². The van der Waals surface area contributed by atoms with Gasteiger partial charge in [-0.1, -0.05) is 18.2 Å². The summed E-state index contributed by atoms with van der Waals surface area (Å²) in [6.07, 6.45) is 5.37. The van der Waals surface area contributed by atoms with E-state index in [-0.39, 0.29) is 18.0 Å². The summed E-state index contributed by atoms with van der Waals surface area (Å²) >= 11 is 0. The normalized spacial score (nSPS) is 17.2. The van der Waals surface area contributed by atoms with E-state index in [1.54, 1.807) is 18.1 Å². The molecule has 0 spiro atoms. The lowest BCUT2D eigenvalue weighted by atomic mass is 10.0. The fraction of sp³-hybridized carbons (Fsp3) is 0.500. The molecule has 0 bridgehead atoms. The number of likely N-dealkylation sites (tertiary alicyclic amines) is 1. The number of rotatable bonds is 7. The molecule has 2 heterocycles. The first kappa shape index (κ1) is 17.4. The van der Waals surface area contributed by atoms with Crippen molar-refractivity contribution in [1.29, 1.82) is 0 Å². The van der Waals surface area contributed by atoms with Crippen molar-refractivity contribution >= 4 is 5.91 Å². The highest BCUT2D eigenvalue weighted by Crippen LogP contribution is 2.31. The van der Waals surface area contributed by atoms with Crippen LogP contribution in [0.15, 0.2) is 36.9 Å². The first-order valence-electron chi connectivity index (χ1n) is 8.69. The van der Waals surface area contributed by atoms with E-state index in [0.717, 1.165) is 24.4 Å². The largest absolute Gasteiger partial charge is 0.496 e. The van der Waals surface area contributed by atoms with Crippen molar-refractivity contribution in [2.75, 3.05) is 26.7 Å². The Balaban J connectivity index is 1.73. The Kier molecular flexibility index (Phi) is 5.65. The highest BCUT2D eigenvalue weighted by Gasteiger charge is 2.27. The van der Waals surface area contributed by atoms with Gasteiger partial charge in [0.05, 0.1) is 13.2 Å². The van der Waals surface area contributed by atoms with Crippen LogP contribution in [0, 0.1) is 0 Å². The van der Waals surface area contributed by atoms with Crippen molar-refractivity contribution in [3.63, 3.8) is 0 Å². The average Bonchev–Trinajstić information content (AvgIpc) is 3.35. The molecule has 7 heteroatoms. The van der Waals surface area contributed by atoms with Gasteiger partial charge in [-0.25, -0.2) is 9.67 Å². The van der Waals surface area contributed by atoms with Crippen molar-refractivity contribution < 1.29 is 9.53 Å². The van der Waals surface area contributed by atoms with Crippen LogP contribution in [-0.2, 0) is 4.79 Å². The quantitative estimate of drug-likeness (QED) is 0.830. The second-order valence-electron chi connectivity index (χ2n) is 6.30. The maximum Gasteiger partial charge on any atom is 0.244 e. The summed E-state index contributed by atoms with van der Waals surface area (Å²) in [6, 6.07) is 7.74. The highest BCUT2D eigenvalue weighted by molar-refractivity contribution is 5.79. The minimum atomic E-state index is -0.389. The first-order chi connectivity index (χ1) is 12.2. The molecule has 1 aromatic heterocycles. The standard InChI is InChI=1S/C18H25N5O2/c1-14(23-13-19-12-21-23)18(24)20-11-16(22-9-5-6-10-22)15-7-3-4-8-17(15)25-2/h3-4,7-8,12-14,16H,5-6,9-11H2,1-2H3,(H,20,24)/t14-,16+/m1/s1. The van der Waals surface area contributed by atoms with E-state index in [9.17, 15) is 4.79 Å². The molecular formula is C18H25N5O2. The number of hydrogen-bond acceptors (Lipinski definition) is 5. The van der Waals surface area contributed by atoms with Gasteiger partial charge in [0.1, 0.15) is 24.4 Å². The van der Waals surface area contributed by atoms with Crippen LogP contribution >= 0.6 is 0 Å². The molecule has 2 atom stereocenters. The Bertz CT molecular complexity index is 683. The third-order valence-electron chi connectivity index (χ3n) is 4.76. The average molecular weight is 343 g/mol. The van der Waals surface area contributed by atoms with Crippen LogP contribution in [0.5, 0.6) is 5.75 Å². The molecule has 25 heavy (non-hydrogen) atoms. The van der Waals surface area contributed by atoms with Gasteiger partial charge in [0.25, 0.3) is 0 Å². The Morgan fingerprint density at radius 3 is 2.76 bits per heavy atom. The molecule has 1 fully saturated rings. The van der Waals surface area contributed by atoms with Gasteiger partial charge in [-0.05, 0) is 38.9 Å². The monoisotopic (exact) mass is 343 g/mol. The van der Waals surface area contributed by atoms with E-state index in [2.05, 4.69) is 26.4 Å². The third-order valence-corrected chi connectivity index (χ3v) is 4.76. The molecule has 1 aliphatic heterocycles. The fourth-order valence-electron chi connectivity index (χ4n) is 3.31. The zero-order valence-electron chi connectivity index (χ0n) is 14.8. The summed E-state index contributed by atoms with van der Waals surface area (Å²) < 4.78 is 7.10. The number of carbonyl (C=O) groups is 1. The SMILES string of the molecule is COc1ccccc1[C@H](CNC(=O)[C@@H](C)n1cncn1)N1CCCC1. The number of amides is 1. The number of hydrogen-bond donors (Lipinski definition) is 1. The van der Waals surface area contributed by atoms with Crippen molar-refractivity contribution in [2.45, 2.75) is 31.8 Å². The predicted molar refractivity (Wildman–Crippen MR) is 94.3 cm³/mol. The number of methoxy groups -OCH3 is 1. The molecule has 0 aliphatic carbocycles. The summed E-state index contributed by atoms with van der Waals surface area (Å²) in [4.78, 5) is 18.8. The smallest absolute Gasteiger partial charge is 0.244 e. The zero-order valence-corrected chi connectivity index (χ0v) is 14.8. The van der Waals surface area contributed by atoms with E-state index < -0.39 is 0 Å². The van der Waals surface area contributed by atoms with Gasteiger partial charge >= 0.3 is 0 Å². The first-order valence-corrected chi connectivity index (χ1v) is 8.69. The second-order valence-corrected chi connectivity index (χ2v) is 6.30. The zero-order chi connectivity index (χ0) is 17.6. The topological polar surface area (TPSA) is 72.3 Å². The van der Waals surface area contributed by atoms with Crippen molar-refractivity contribution in [3.8, 4) is 5.75 Å². The van der Waals surface area contributed by atoms with Crippen molar-refractivity contribution in [1.82, 2.24) is 25.0 Å². The fourth-order valence-corrected chi connectivity index (χ4v) is 3.31. The number of aromatic nitrogens is 3. The summed E-state index contributed by atoms with van der Waals surface area (Å²) in [5, 5.41) is 7.11. The molecule has 1 aliphatic rings. The molecule has 1 aromatic carbocycles. The van der Waals surface area contributed by atoms with Crippen LogP contribution in [0.25, 0.3) is 0 Å². The van der Waals surface area contributed by atoms with E-state index >= 15 is 0 Å². The molecule has 2 aromatic rings. The van der Waals surface area contributed by atoms with Crippen molar-refractivity contribution in [2.24, 2.45) is 0 Å². The summed E-state index contributed by atoms with van der Waals surface area (Å²) in [5.74, 6) is 0.794. The minimum absolute atomic E-state index is 0.0652. The Morgan fingerprint density at radius 2 is 2.08 bits per heavy atom. The maximum atomic E-state index is 12.5. The van der Waals surface area contributed by atoms with Crippen LogP contribution in [-0.4, -0.2) is 52.3 Å². The molecule has 7 nitrogen and oxygen atoms in total. The molecule has 1 saturated heterocycles. The Labute approximate surface area is 148 Å². The molecule has 0 unspecified atom stereocenters. The molecule has 1 amide bonds. The van der Waals surface area contributed by atoms with Gasteiger partial charge in [-0.15, -0.1) is 0 Å². The molecule has 1 N–H and O–H groups in total. The Morgan fingerprint density at radius 1 is 1.32 bits per heavy atom. The third kappa shape index (κ3) is 3.99. The number of nitrogens with zero attached hydrogens (tertiary/aromatic N) is 4. The van der Waals surface area contributed by atoms with Gasteiger partial charge in [0.15, 0.2) is 0 Å². The van der Waals surface area contributed by atoms with Crippen molar-refractivity contribution in [3.05, 3.63) is 42.5 Å². The van der Waals surface area contributed by atoms with Crippen LogP contribution in [0.3, 0.4) is 0 Å². The van der Waals surface area contributed by atoms with Gasteiger partial charge < -0.3 is 10.1 Å². The lowest BCUT2D eigenvalue weighted by Crippen LogP contribution is -2.39. The summed E-state index contributed by atoms with van der Waals surface area (Å²) in [7, 11) is 1.69. The number of para-hydroxylation sites is 1. The number of ether oxygens (including phenoxy) is 1. The van der Waals surface area contributed by atoms with E-state index in [1.807, 2.05) is 25.1 Å². The molecule has 134 valence electrons. The van der Waals surface area contributed by atoms with Crippen LogP contribution < -0.4 is 10.1 Å².